The molecule has 1 atom stereocenters. The van der Waals surface area contributed by atoms with Crippen LogP contribution in [0.15, 0.2) is 18.2 Å². The van der Waals surface area contributed by atoms with Crippen LogP contribution >= 0.6 is 22.6 Å². The van der Waals surface area contributed by atoms with Gasteiger partial charge in [0.1, 0.15) is 5.82 Å². The molecule has 0 bridgehead atoms. The predicted molar refractivity (Wildman–Crippen MR) is 84.3 cm³/mol. The zero-order valence-electron chi connectivity index (χ0n) is 11.3. The number of hydrogen-bond donors (Lipinski definition) is 1. The standard InChI is InChI=1S/C15H23FIN/c1-3-5-6-7-8-15(18-4-2)13-10-9-12(16)11-14(13)17/h9-11,15,18H,3-8H2,1-2H3. The fourth-order valence-electron chi connectivity index (χ4n) is 2.17. The van der Waals surface area contributed by atoms with Gasteiger partial charge in [0.15, 0.2) is 0 Å². The van der Waals surface area contributed by atoms with Gasteiger partial charge in [0.25, 0.3) is 0 Å². The number of nitrogens with one attached hydrogen (secondary N) is 1. The van der Waals surface area contributed by atoms with E-state index in [1.807, 2.05) is 6.07 Å². The molecule has 0 aromatic heterocycles. The van der Waals surface area contributed by atoms with Crippen LogP contribution in [0.2, 0.25) is 0 Å². The molecule has 0 aliphatic carbocycles. The summed E-state index contributed by atoms with van der Waals surface area (Å²) in [6.45, 7) is 5.30. The summed E-state index contributed by atoms with van der Waals surface area (Å²) in [6, 6.07) is 5.46. The van der Waals surface area contributed by atoms with Crippen LogP contribution in [0.4, 0.5) is 4.39 Å². The van der Waals surface area contributed by atoms with Gasteiger partial charge in [-0.15, -0.1) is 0 Å². The SMILES string of the molecule is CCCCCCC(NCC)c1ccc(F)cc1I. The van der Waals surface area contributed by atoms with Gasteiger partial charge in [-0.1, -0.05) is 45.6 Å². The van der Waals surface area contributed by atoms with Crippen LogP contribution in [0.3, 0.4) is 0 Å². The number of benzene rings is 1. The largest absolute Gasteiger partial charge is 0.310 e. The molecule has 3 heteroatoms. The normalized spacial score (nSPS) is 12.7. The monoisotopic (exact) mass is 363 g/mol. The highest BCUT2D eigenvalue weighted by molar-refractivity contribution is 14.1. The number of hydrogen-bond acceptors (Lipinski definition) is 1. The molecule has 1 aromatic rings. The van der Waals surface area contributed by atoms with Crippen molar-refractivity contribution >= 4 is 22.6 Å². The molecule has 0 aliphatic heterocycles. The van der Waals surface area contributed by atoms with E-state index in [9.17, 15) is 4.39 Å². The average molecular weight is 363 g/mol. The summed E-state index contributed by atoms with van der Waals surface area (Å²) >= 11 is 2.23. The molecule has 102 valence electrons. The first-order valence-electron chi connectivity index (χ1n) is 6.87. The van der Waals surface area contributed by atoms with Crippen molar-refractivity contribution in [3.8, 4) is 0 Å². The minimum Gasteiger partial charge on any atom is -0.310 e. The number of halogens is 2. The third-order valence-corrected chi connectivity index (χ3v) is 4.07. The Hall–Kier alpha value is -0.160. The molecule has 18 heavy (non-hydrogen) atoms. The second-order valence-corrected chi connectivity index (χ2v) is 5.79. The summed E-state index contributed by atoms with van der Waals surface area (Å²) in [5, 5.41) is 3.51. The molecule has 0 radical (unpaired) electrons. The van der Waals surface area contributed by atoms with E-state index >= 15 is 0 Å². The maximum atomic E-state index is 13.1. The Morgan fingerprint density at radius 3 is 2.61 bits per heavy atom. The lowest BCUT2D eigenvalue weighted by atomic mass is 10.00. The first-order chi connectivity index (χ1) is 8.69. The third kappa shape index (κ3) is 5.22. The van der Waals surface area contributed by atoms with E-state index in [1.54, 1.807) is 12.1 Å². The molecule has 1 nitrogen and oxygen atoms in total. The summed E-state index contributed by atoms with van der Waals surface area (Å²) in [6.07, 6.45) is 6.23. The molecule has 1 unspecified atom stereocenters. The minimum atomic E-state index is -0.149. The predicted octanol–water partition coefficient (Wildman–Crippen LogP) is 5.05. The molecular formula is C15H23FIN. The van der Waals surface area contributed by atoms with Gasteiger partial charge in [0.05, 0.1) is 0 Å². The number of unbranched alkanes of at least 4 members (excludes halogenated alkanes) is 3. The van der Waals surface area contributed by atoms with Crippen molar-refractivity contribution < 1.29 is 4.39 Å². The van der Waals surface area contributed by atoms with Gasteiger partial charge >= 0.3 is 0 Å². The summed E-state index contributed by atoms with van der Waals surface area (Å²) in [4.78, 5) is 0. The topological polar surface area (TPSA) is 12.0 Å². The maximum absolute atomic E-state index is 13.1. The van der Waals surface area contributed by atoms with Gasteiger partial charge < -0.3 is 5.32 Å². The van der Waals surface area contributed by atoms with Crippen LogP contribution in [-0.2, 0) is 0 Å². The fourth-order valence-corrected chi connectivity index (χ4v) is 3.03. The Bertz CT molecular complexity index is 354. The van der Waals surface area contributed by atoms with E-state index in [0.717, 1.165) is 16.5 Å². The van der Waals surface area contributed by atoms with Crippen molar-refractivity contribution in [2.24, 2.45) is 0 Å². The molecule has 0 amide bonds. The molecule has 0 saturated heterocycles. The van der Waals surface area contributed by atoms with Gasteiger partial charge in [0.2, 0.25) is 0 Å². The smallest absolute Gasteiger partial charge is 0.124 e. The Morgan fingerprint density at radius 1 is 1.22 bits per heavy atom. The first-order valence-corrected chi connectivity index (χ1v) is 7.95. The van der Waals surface area contributed by atoms with E-state index in [-0.39, 0.29) is 5.82 Å². The maximum Gasteiger partial charge on any atom is 0.124 e. The van der Waals surface area contributed by atoms with Gasteiger partial charge in [-0.25, -0.2) is 4.39 Å². The molecule has 0 saturated carbocycles. The quantitative estimate of drug-likeness (QED) is 0.503. The van der Waals surface area contributed by atoms with E-state index < -0.39 is 0 Å². The molecule has 1 N–H and O–H groups in total. The van der Waals surface area contributed by atoms with Crippen LogP contribution in [-0.4, -0.2) is 6.54 Å². The van der Waals surface area contributed by atoms with Gasteiger partial charge in [-0.3, -0.25) is 0 Å². The Balaban J connectivity index is 2.64. The lowest BCUT2D eigenvalue weighted by Gasteiger charge is -2.19. The number of rotatable bonds is 8. The van der Waals surface area contributed by atoms with Crippen LogP contribution < -0.4 is 5.32 Å². The second kappa shape index (κ2) is 8.86. The molecule has 0 heterocycles. The van der Waals surface area contributed by atoms with Crippen molar-refractivity contribution in [2.75, 3.05) is 6.54 Å². The molecule has 0 spiro atoms. The van der Waals surface area contributed by atoms with E-state index in [1.165, 1.54) is 31.2 Å². The lowest BCUT2D eigenvalue weighted by molar-refractivity contribution is 0.479. The summed E-state index contributed by atoms with van der Waals surface area (Å²) in [5.74, 6) is -0.149. The summed E-state index contributed by atoms with van der Waals surface area (Å²) in [7, 11) is 0. The Morgan fingerprint density at radius 2 is 2.00 bits per heavy atom. The highest BCUT2D eigenvalue weighted by Gasteiger charge is 2.13. The molecular weight excluding hydrogens is 340 g/mol. The van der Waals surface area contributed by atoms with Crippen molar-refractivity contribution in [3.63, 3.8) is 0 Å². The molecule has 1 aromatic carbocycles. The van der Waals surface area contributed by atoms with Crippen LogP contribution in [0.5, 0.6) is 0 Å². The van der Waals surface area contributed by atoms with Crippen LogP contribution in [0, 0.1) is 9.39 Å². The third-order valence-electron chi connectivity index (χ3n) is 3.13. The first kappa shape index (κ1) is 15.9. The van der Waals surface area contributed by atoms with E-state index in [4.69, 9.17) is 0 Å². The minimum absolute atomic E-state index is 0.149. The average Bonchev–Trinajstić information content (AvgIpc) is 2.34. The molecule has 0 fully saturated rings. The Labute approximate surface area is 124 Å². The Kier molecular flexibility index (Phi) is 7.82. The highest BCUT2D eigenvalue weighted by Crippen LogP contribution is 2.25. The van der Waals surface area contributed by atoms with Gasteiger partial charge in [-0.05, 0) is 53.3 Å². The van der Waals surface area contributed by atoms with Gasteiger partial charge in [-0.2, -0.15) is 0 Å². The van der Waals surface area contributed by atoms with Crippen molar-refractivity contribution in [1.82, 2.24) is 5.32 Å². The second-order valence-electron chi connectivity index (χ2n) is 4.63. The van der Waals surface area contributed by atoms with Crippen molar-refractivity contribution in [3.05, 3.63) is 33.1 Å². The van der Waals surface area contributed by atoms with Crippen molar-refractivity contribution in [1.29, 1.82) is 0 Å². The summed E-state index contributed by atoms with van der Waals surface area (Å²) in [5.41, 5.74) is 1.23. The lowest BCUT2D eigenvalue weighted by Crippen LogP contribution is -2.21. The molecule has 0 aliphatic rings. The van der Waals surface area contributed by atoms with Crippen molar-refractivity contribution in [2.45, 2.75) is 52.0 Å². The van der Waals surface area contributed by atoms with E-state index in [2.05, 4.69) is 41.8 Å². The highest BCUT2D eigenvalue weighted by atomic mass is 127. The van der Waals surface area contributed by atoms with E-state index in [0.29, 0.717) is 6.04 Å². The fraction of sp³-hybridized carbons (Fsp3) is 0.600. The zero-order chi connectivity index (χ0) is 13.4. The van der Waals surface area contributed by atoms with Gasteiger partial charge in [0, 0.05) is 9.61 Å². The van der Waals surface area contributed by atoms with Crippen LogP contribution in [0.1, 0.15) is 57.6 Å². The summed E-state index contributed by atoms with van der Waals surface area (Å²) < 4.78 is 14.1. The molecule has 1 rings (SSSR count). The van der Waals surface area contributed by atoms with Crippen LogP contribution in [0.25, 0.3) is 0 Å². The zero-order valence-corrected chi connectivity index (χ0v) is 13.5.